The number of methoxy groups -OCH3 is 1. The molecular weight excluding hydrogens is 316 g/mol. The number of amides is 1. The lowest BCUT2D eigenvalue weighted by Crippen LogP contribution is -2.53. The smallest absolute Gasteiger partial charge is 0.235 e. The van der Waals surface area contributed by atoms with Crippen LogP contribution >= 0.6 is 0 Å². The molecule has 0 spiro atoms. The Morgan fingerprint density at radius 3 is 2.60 bits per heavy atom. The van der Waals surface area contributed by atoms with Gasteiger partial charge in [0, 0.05) is 26.2 Å². The quantitative estimate of drug-likeness (QED) is 0.851. The number of para-hydroxylation sites is 2. The average molecular weight is 342 g/mol. The van der Waals surface area contributed by atoms with Gasteiger partial charge in [-0.15, -0.1) is 0 Å². The summed E-state index contributed by atoms with van der Waals surface area (Å²) in [5.41, 5.74) is 0.385. The summed E-state index contributed by atoms with van der Waals surface area (Å²) in [4.78, 5) is 16.8. The molecule has 1 N–H and O–H groups in total. The topological polar surface area (TPSA) is 68.6 Å². The van der Waals surface area contributed by atoms with Crippen molar-refractivity contribution in [3.05, 3.63) is 24.3 Å². The molecule has 2 fully saturated rings. The van der Waals surface area contributed by atoms with Crippen molar-refractivity contribution >= 4 is 11.6 Å². The van der Waals surface area contributed by atoms with Gasteiger partial charge in [-0.3, -0.25) is 9.69 Å². The Balaban J connectivity index is 1.51. The molecule has 3 rings (SSSR count). The summed E-state index contributed by atoms with van der Waals surface area (Å²) in [5, 5.41) is 12.3. The number of hydrogen-bond acceptors (Lipinski definition) is 5. The van der Waals surface area contributed by atoms with Gasteiger partial charge in [-0.25, -0.2) is 0 Å². The van der Waals surface area contributed by atoms with Crippen LogP contribution in [0.25, 0.3) is 0 Å². The van der Waals surface area contributed by atoms with E-state index in [0.717, 1.165) is 50.5 Å². The molecule has 1 aromatic carbocycles. The lowest BCUT2D eigenvalue weighted by atomic mass is 9.98. The molecule has 6 nitrogen and oxygen atoms in total. The second-order valence-corrected chi connectivity index (χ2v) is 7.07. The molecule has 1 aliphatic heterocycles. The minimum Gasteiger partial charge on any atom is -0.495 e. The number of piperazine rings is 1. The summed E-state index contributed by atoms with van der Waals surface area (Å²) in [7, 11) is 1.69. The first-order chi connectivity index (χ1) is 12.1. The number of nitrogens with zero attached hydrogens (tertiary/aromatic N) is 3. The Labute approximate surface area is 149 Å². The van der Waals surface area contributed by atoms with Gasteiger partial charge in [0.1, 0.15) is 11.3 Å². The first kappa shape index (κ1) is 17.6. The van der Waals surface area contributed by atoms with Gasteiger partial charge in [0.15, 0.2) is 0 Å². The predicted octanol–water partition coefficient (Wildman–Crippen LogP) is 1.63. The lowest BCUT2D eigenvalue weighted by Gasteiger charge is -2.36. The Morgan fingerprint density at radius 1 is 1.32 bits per heavy atom. The van der Waals surface area contributed by atoms with Crippen LogP contribution in [0.15, 0.2) is 24.3 Å². The van der Waals surface area contributed by atoms with Crippen molar-refractivity contribution in [3.8, 4) is 11.8 Å². The summed E-state index contributed by atoms with van der Waals surface area (Å²) < 4.78 is 5.44. The lowest BCUT2D eigenvalue weighted by molar-refractivity contribution is -0.123. The molecule has 0 unspecified atom stereocenters. The van der Waals surface area contributed by atoms with Crippen molar-refractivity contribution in [2.75, 3.05) is 44.7 Å². The molecule has 1 aliphatic carbocycles. The third-order valence-electron chi connectivity index (χ3n) is 5.19. The van der Waals surface area contributed by atoms with Crippen molar-refractivity contribution < 1.29 is 9.53 Å². The monoisotopic (exact) mass is 342 g/mol. The standard InChI is InChI=1S/C19H26N4O2/c1-19(14-20,15-7-8-15)21-18(24)13-22-9-11-23(12-10-22)16-5-3-4-6-17(16)25-2/h3-6,15H,7-13H2,1-2H3,(H,21,24)/t19-/m1/s1. The molecule has 1 atom stereocenters. The van der Waals surface area contributed by atoms with Crippen LogP contribution in [0.2, 0.25) is 0 Å². The van der Waals surface area contributed by atoms with Gasteiger partial charge in [0.05, 0.1) is 25.4 Å². The second kappa shape index (κ2) is 7.32. The number of benzene rings is 1. The molecule has 0 radical (unpaired) electrons. The van der Waals surface area contributed by atoms with E-state index in [2.05, 4.69) is 27.3 Å². The first-order valence-corrected chi connectivity index (χ1v) is 8.88. The van der Waals surface area contributed by atoms with E-state index in [1.54, 1.807) is 7.11 Å². The van der Waals surface area contributed by atoms with Gasteiger partial charge in [0.25, 0.3) is 0 Å². The van der Waals surface area contributed by atoms with Crippen LogP contribution in [0, 0.1) is 17.2 Å². The minimum absolute atomic E-state index is 0.0540. The van der Waals surface area contributed by atoms with Crippen LogP contribution in [-0.2, 0) is 4.79 Å². The van der Waals surface area contributed by atoms with E-state index in [1.807, 2.05) is 25.1 Å². The number of hydrogen-bond donors (Lipinski definition) is 1. The van der Waals surface area contributed by atoms with Crippen LogP contribution in [-0.4, -0.2) is 56.2 Å². The number of rotatable bonds is 6. The maximum Gasteiger partial charge on any atom is 0.235 e. The summed E-state index contributed by atoms with van der Waals surface area (Å²) in [5.74, 6) is 1.13. The largest absolute Gasteiger partial charge is 0.495 e. The molecule has 6 heteroatoms. The van der Waals surface area contributed by atoms with Crippen molar-refractivity contribution in [2.45, 2.75) is 25.3 Å². The van der Waals surface area contributed by atoms with Crippen molar-refractivity contribution in [1.29, 1.82) is 5.26 Å². The summed E-state index contributed by atoms with van der Waals surface area (Å²) >= 11 is 0. The normalized spacial score (nSPS) is 20.4. The van der Waals surface area contributed by atoms with Gasteiger partial charge in [-0.1, -0.05) is 12.1 Å². The third kappa shape index (κ3) is 4.05. The number of ether oxygens (including phenoxy) is 1. The summed E-state index contributed by atoms with van der Waals surface area (Å²) in [6.45, 7) is 5.53. The minimum atomic E-state index is -0.712. The van der Waals surface area contributed by atoms with Gasteiger partial charge in [0.2, 0.25) is 5.91 Å². The second-order valence-electron chi connectivity index (χ2n) is 7.07. The van der Waals surface area contributed by atoms with Gasteiger partial charge in [-0.2, -0.15) is 5.26 Å². The fourth-order valence-electron chi connectivity index (χ4n) is 3.45. The molecule has 1 amide bonds. The maximum absolute atomic E-state index is 12.3. The Bertz CT molecular complexity index is 660. The average Bonchev–Trinajstić information content (AvgIpc) is 3.48. The van der Waals surface area contributed by atoms with Gasteiger partial charge >= 0.3 is 0 Å². The molecule has 1 aromatic rings. The van der Waals surface area contributed by atoms with E-state index >= 15 is 0 Å². The third-order valence-corrected chi connectivity index (χ3v) is 5.19. The molecule has 1 saturated carbocycles. The fraction of sp³-hybridized carbons (Fsp3) is 0.579. The van der Waals surface area contributed by atoms with Crippen LogP contribution in [0.1, 0.15) is 19.8 Å². The molecule has 2 aliphatic rings. The van der Waals surface area contributed by atoms with Crippen LogP contribution < -0.4 is 15.0 Å². The highest BCUT2D eigenvalue weighted by atomic mass is 16.5. The zero-order valence-corrected chi connectivity index (χ0v) is 15.0. The number of anilines is 1. The van der Waals surface area contributed by atoms with E-state index in [9.17, 15) is 10.1 Å². The first-order valence-electron chi connectivity index (χ1n) is 8.88. The van der Waals surface area contributed by atoms with E-state index in [0.29, 0.717) is 12.5 Å². The zero-order valence-electron chi connectivity index (χ0n) is 15.0. The summed E-state index contributed by atoms with van der Waals surface area (Å²) in [6, 6.07) is 10.3. The van der Waals surface area contributed by atoms with Crippen LogP contribution in [0.3, 0.4) is 0 Å². The van der Waals surface area contributed by atoms with E-state index in [1.165, 1.54) is 0 Å². The van der Waals surface area contributed by atoms with Crippen molar-refractivity contribution in [2.24, 2.45) is 5.92 Å². The maximum atomic E-state index is 12.3. The van der Waals surface area contributed by atoms with Gasteiger partial charge < -0.3 is 15.0 Å². The van der Waals surface area contributed by atoms with E-state index < -0.39 is 5.54 Å². The highest BCUT2D eigenvalue weighted by Gasteiger charge is 2.43. The van der Waals surface area contributed by atoms with Crippen molar-refractivity contribution in [1.82, 2.24) is 10.2 Å². The number of carbonyl (C=O) groups is 1. The SMILES string of the molecule is COc1ccccc1N1CCN(CC(=O)N[C@](C)(C#N)C2CC2)CC1. The molecule has 134 valence electrons. The Morgan fingerprint density at radius 2 is 2.00 bits per heavy atom. The van der Waals surface area contributed by atoms with Crippen LogP contribution in [0.4, 0.5) is 5.69 Å². The molecule has 0 bridgehead atoms. The predicted molar refractivity (Wildman–Crippen MR) is 96.5 cm³/mol. The van der Waals surface area contributed by atoms with Crippen LogP contribution in [0.5, 0.6) is 5.75 Å². The zero-order chi connectivity index (χ0) is 17.9. The van der Waals surface area contributed by atoms with E-state index in [4.69, 9.17) is 4.74 Å². The van der Waals surface area contributed by atoms with Crippen molar-refractivity contribution in [3.63, 3.8) is 0 Å². The number of nitriles is 1. The molecule has 25 heavy (non-hydrogen) atoms. The Kier molecular flexibility index (Phi) is 5.14. The number of carbonyl (C=O) groups excluding carboxylic acids is 1. The highest BCUT2D eigenvalue weighted by molar-refractivity contribution is 5.79. The summed E-state index contributed by atoms with van der Waals surface area (Å²) in [6.07, 6.45) is 2.06. The van der Waals surface area contributed by atoms with Gasteiger partial charge in [-0.05, 0) is 37.8 Å². The molecular formula is C19H26N4O2. The molecule has 1 heterocycles. The molecule has 0 aromatic heterocycles. The molecule has 1 saturated heterocycles. The van der Waals surface area contributed by atoms with E-state index in [-0.39, 0.29) is 5.91 Å². The highest BCUT2D eigenvalue weighted by Crippen LogP contribution is 2.39. The fourth-order valence-corrected chi connectivity index (χ4v) is 3.45. The number of nitrogens with one attached hydrogen (secondary N) is 1. The Hall–Kier alpha value is -2.26.